The van der Waals surface area contributed by atoms with Crippen LogP contribution < -0.4 is 19.8 Å². The van der Waals surface area contributed by atoms with Crippen LogP contribution in [0.25, 0.3) is 22.3 Å². The SMILES string of the molecule is COc1cc(OC)c2c(=O)cc(-c3ccc(N4CCCC4)cc3Cl)oc2c1[C@H]1CCN(C)[C@@H]1CO. The minimum Gasteiger partial charge on any atom is -0.496 e. The summed E-state index contributed by atoms with van der Waals surface area (Å²) in [6.07, 6.45) is 3.16. The molecule has 35 heavy (non-hydrogen) atoms. The molecule has 0 unspecified atom stereocenters. The van der Waals surface area contributed by atoms with Crippen LogP contribution in [0.2, 0.25) is 5.02 Å². The summed E-state index contributed by atoms with van der Waals surface area (Å²) in [5, 5.41) is 11.0. The summed E-state index contributed by atoms with van der Waals surface area (Å²) in [5.74, 6) is 1.29. The highest BCUT2D eigenvalue weighted by atomic mass is 35.5. The Balaban J connectivity index is 1.71. The number of likely N-dealkylation sites (N-methyl/N-ethyl adjacent to an activating group) is 1. The summed E-state index contributed by atoms with van der Waals surface area (Å²) in [7, 11) is 5.10. The summed E-state index contributed by atoms with van der Waals surface area (Å²) < 4.78 is 17.8. The molecule has 1 N–H and O–H groups in total. The van der Waals surface area contributed by atoms with Crippen molar-refractivity contribution in [3.05, 3.63) is 51.1 Å². The first-order valence-corrected chi connectivity index (χ1v) is 12.4. The molecular formula is C27H31ClN2O5. The normalized spacial score (nSPS) is 20.7. The molecule has 0 bridgehead atoms. The van der Waals surface area contributed by atoms with Crippen LogP contribution in [0.4, 0.5) is 5.69 Å². The smallest absolute Gasteiger partial charge is 0.197 e. The lowest BCUT2D eigenvalue weighted by atomic mass is 9.89. The molecule has 2 fully saturated rings. The number of hydrogen-bond acceptors (Lipinski definition) is 7. The summed E-state index contributed by atoms with van der Waals surface area (Å²) in [5.41, 5.74) is 2.71. The molecule has 3 heterocycles. The maximum Gasteiger partial charge on any atom is 0.197 e. The van der Waals surface area contributed by atoms with Gasteiger partial charge in [-0.1, -0.05) is 11.6 Å². The molecule has 2 saturated heterocycles. The molecule has 0 spiro atoms. The Morgan fingerprint density at radius 3 is 2.49 bits per heavy atom. The van der Waals surface area contributed by atoms with Crippen LogP contribution in [0.3, 0.4) is 0 Å². The molecule has 8 heteroatoms. The van der Waals surface area contributed by atoms with Crippen LogP contribution in [0, 0.1) is 0 Å². The first kappa shape index (κ1) is 24.0. The van der Waals surface area contributed by atoms with Crippen LogP contribution >= 0.6 is 11.6 Å². The molecule has 2 aromatic carbocycles. The Morgan fingerprint density at radius 1 is 1.09 bits per heavy atom. The van der Waals surface area contributed by atoms with Gasteiger partial charge in [0.05, 0.1) is 25.8 Å². The minimum atomic E-state index is -0.214. The van der Waals surface area contributed by atoms with Crippen molar-refractivity contribution in [3.8, 4) is 22.8 Å². The Morgan fingerprint density at radius 2 is 1.83 bits per heavy atom. The lowest BCUT2D eigenvalue weighted by molar-refractivity contribution is 0.171. The molecule has 0 aliphatic carbocycles. The number of nitrogens with zero attached hydrogens (tertiary/aromatic N) is 2. The maximum atomic E-state index is 13.4. The number of halogens is 1. The van der Waals surface area contributed by atoms with E-state index < -0.39 is 0 Å². The highest BCUT2D eigenvalue weighted by Gasteiger charge is 2.37. The van der Waals surface area contributed by atoms with Crippen LogP contribution in [0.1, 0.15) is 30.7 Å². The molecule has 2 atom stereocenters. The predicted molar refractivity (Wildman–Crippen MR) is 138 cm³/mol. The van der Waals surface area contributed by atoms with Crippen LogP contribution in [-0.2, 0) is 0 Å². The largest absolute Gasteiger partial charge is 0.496 e. The number of ether oxygens (including phenoxy) is 2. The molecule has 0 saturated carbocycles. The highest BCUT2D eigenvalue weighted by Crippen LogP contribution is 2.45. The number of likely N-dealkylation sites (tertiary alicyclic amines) is 1. The van der Waals surface area contributed by atoms with Gasteiger partial charge in [-0.05, 0) is 51.1 Å². The zero-order chi connectivity index (χ0) is 24.7. The van der Waals surface area contributed by atoms with Crippen LogP contribution in [-0.4, -0.2) is 63.6 Å². The minimum absolute atomic E-state index is 0.00838. The first-order chi connectivity index (χ1) is 17.0. The van der Waals surface area contributed by atoms with E-state index in [1.54, 1.807) is 13.2 Å². The van der Waals surface area contributed by atoms with Gasteiger partial charge in [0, 0.05) is 54.0 Å². The summed E-state index contributed by atoms with van der Waals surface area (Å²) in [4.78, 5) is 17.9. The maximum absolute atomic E-state index is 13.4. The molecule has 2 aliphatic heterocycles. The standard InChI is InChI=1S/C27H31ClN2O5/c1-29-11-8-18(20(29)15-31)25-23(33-2)14-24(34-3)26-21(32)13-22(35-27(25)26)17-7-6-16(12-19(17)28)30-9-4-5-10-30/h6-7,12-14,18,20,31H,4-5,8-11,15H2,1-3H3/t18-,20+/m0/s1. The van der Waals surface area contributed by atoms with Gasteiger partial charge in [0.25, 0.3) is 0 Å². The van der Waals surface area contributed by atoms with Gasteiger partial charge in [0.2, 0.25) is 0 Å². The van der Waals surface area contributed by atoms with Gasteiger partial charge in [-0.3, -0.25) is 4.79 Å². The van der Waals surface area contributed by atoms with E-state index in [1.165, 1.54) is 26.0 Å². The summed E-state index contributed by atoms with van der Waals surface area (Å²) >= 11 is 6.72. The van der Waals surface area contributed by atoms with Crippen molar-refractivity contribution in [1.29, 1.82) is 0 Å². The molecule has 0 radical (unpaired) electrons. The van der Waals surface area contributed by atoms with Crippen molar-refractivity contribution in [1.82, 2.24) is 4.90 Å². The fraction of sp³-hybridized carbons (Fsp3) is 0.444. The van der Waals surface area contributed by atoms with Gasteiger partial charge in [-0.15, -0.1) is 0 Å². The molecule has 0 amide bonds. The lowest BCUT2D eigenvalue weighted by Gasteiger charge is -2.25. The number of hydrogen-bond donors (Lipinski definition) is 1. The summed E-state index contributed by atoms with van der Waals surface area (Å²) in [6, 6.07) is 8.97. The Kier molecular flexibility index (Phi) is 6.66. The third-order valence-corrected chi connectivity index (χ3v) is 7.79. The van der Waals surface area contributed by atoms with E-state index >= 15 is 0 Å². The van der Waals surface area contributed by atoms with Gasteiger partial charge in [0.1, 0.15) is 28.2 Å². The zero-order valence-electron chi connectivity index (χ0n) is 20.3. The van der Waals surface area contributed by atoms with E-state index in [9.17, 15) is 9.90 Å². The quantitative estimate of drug-likeness (QED) is 0.536. The predicted octanol–water partition coefficient (Wildman–Crippen LogP) is 4.51. The van der Waals surface area contributed by atoms with Crippen molar-refractivity contribution < 1.29 is 19.0 Å². The molecule has 3 aromatic rings. The average molecular weight is 499 g/mol. The number of benzene rings is 2. The average Bonchev–Trinajstić information content (AvgIpc) is 3.52. The van der Waals surface area contributed by atoms with E-state index in [0.717, 1.165) is 37.3 Å². The third-order valence-electron chi connectivity index (χ3n) is 7.48. The number of methoxy groups -OCH3 is 2. The fourth-order valence-electron chi connectivity index (χ4n) is 5.60. The molecule has 186 valence electrons. The van der Waals surface area contributed by atoms with Crippen molar-refractivity contribution >= 4 is 28.3 Å². The zero-order valence-corrected chi connectivity index (χ0v) is 21.1. The van der Waals surface area contributed by atoms with E-state index in [0.29, 0.717) is 38.8 Å². The second-order valence-electron chi connectivity index (χ2n) is 9.36. The Hall–Kier alpha value is -2.74. The molecule has 5 rings (SSSR count). The van der Waals surface area contributed by atoms with E-state index in [1.807, 2.05) is 25.2 Å². The van der Waals surface area contributed by atoms with Gasteiger partial charge in [-0.25, -0.2) is 0 Å². The first-order valence-electron chi connectivity index (χ1n) is 12.1. The van der Waals surface area contributed by atoms with E-state index in [-0.39, 0.29) is 24.0 Å². The lowest BCUT2D eigenvalue weighted by Crippen LogP contribution is -2.32. The number of rotatable bonds is 6. The number of fused-ring (bicyclic) bond motifs is 1. The van der Waals surface area contributed by atoms with Crippen molar-refractivity contribution in [2.24, 2.45) is 0 Å². The number of anilines is 1. The van der Waals surface area contributed by atoms with E-state index in [2.05, 4.69) is 9.80 Å². The van der Waals surface area contributed by atoms with Gasteiger partial charge in [-0.2, -0.15) is 0 Å². The van der Waals surface area contributed by atoms with Gasteiger partial charge >= 0.3 is 0 Å². The second kappa shape index (κ2) is 9.72. The van der Waals surface area contributed by atoms with Gasteiger partial charge in [0.15, 0.2) is 5.43 Å². The number of aliphatic hydroxyl groups is 1. The van der Waals surface area contributed by atoms with Gasteiger partial charge < -0.3 is 28.8 Å². The highest BCUT2D eigenvalue weighted by molar-refractivity contribution is 6.33. The van der Waals surface area contributed by atoms with Crippen LogP contribution in [0.15, 0.2) is 39.5 Å². The second-order valence-corrected chi connectivity index (χ2v) is 9.76. The third kappa shape index (κ3) is 4.15. The monoisotopic (exact) mass is 498 g/mol. The topological polar surface area (TPSA) is 75.4 Å². The number of aliphatic hydroxyl groups excluding tert-OH is 1. The van der Waals surface area contributed by atoms with Crippen LogP contribution in [0.5, 0.6) is 11.5 Å². The van der Waals surface area contributed by atoms with E-state index in [4.69, 9.17) is 25.5 Å². The molecule has 1 aromatic heterocycles. The van der Waals surface area contributed by atoms with Crippen molar-refractivity contribution in [2.75, 3.05) is 52.4 Å². The summed E-state index contributed by atoms with van der Waals surface area (Å²) in [6.45, 7) is 2.85. The van der Waals surface area contributed by atoms with Crippen molar-refractivity contribution in [2.45, 2.75) is 31.2 Å². The fourth-order valence-corrected chi connectivity index (χ4v) is 5.87. The molecular weight excluding hydrogens is 468 g/mol. The Bertz CT molecular complexity index is 1300. The van der Waals surface area contributed by atoms with Crippen molar-refractivity contribution in [3.63, 3.8) is 0 Å². The molecule has 2 aliphatic rings. The molecule has 7 nitrogen and oxygen atoms in total. The Labute approximate surface area is 209 Å².